The van der Waals surface area contributed by atoms with Crippen molar-refractivity contribution in [3.05, 3.63) is 46.5 Å². The Morgan fingerprint density at radius 2 is 1.96 bits per heavy atom. The average molecular weight is 364 g/mol. The number of nitrogens with one attached hydrogen (secondary N) is 1. The van der Waals surface area contributed by atoms with Gasteiger partial charge in [-0.25, -0.2) is 0 Å². The number of amides is 1. The third-order valence-electron chi connectivity index (χ3n) is 3.92. The van der Waals surface area contributed by atoms with E-state index in [0.717, 1.165) is 6.42 Å². The normalized spacial score (nSPS) is 15.8. The van der Waals surface area contributed by atoms with Crippen molar-refractivity contribution in [3.63, 3.8) is 0 Å². The molecule has 0 bridgehead atoms. The smallest absolute Gasteiger partial charge is 0.238 e. The minimum Gasteiger partial charge on any atom is -0.495 e. The second-order valence-corrected chi connectivity index (χ2v) is 7.25. The molecule has 0 aliphatic carbocycles. The lowest BCUT2D eigenvalue weighted by molar-refractivity contribution is -0.115. The number of rotatable bonds is 4. The van der Waals surface area contributed by atoms with Crippen LogP contribution >= 0.6 is 23.4 Å². The lowest BCUT2D eigenvalue weighted by atomic mass is 10.1. The lowest BCUT2D eigenvalue weighted by Crippen LogP contribution is -2.24. The first kappa shape index (κ1) is 17.0. The van der Waals surface area contributed by atoms with E-state index in [2.05, 4.69) is 30.4 Å². The van der Waals surface area contributed by atoms with Gasteiger partial charge in [0, 0.05) is 17.0 Å². The zero-order valence-corrected chi connectivity index (χ0v) is 15.3. The minimum absolute atomic E-state index is 0.0588. The molecule has 126 valence electrons. The van der Waals surface area contributed by atoms with E-state index in [1.165, 1.54) is 30.2 Å². The molecule has 2 aromatic carbocycles. The summed E-state index contributed by atoms with van der Waals surface area (Å²) in [5.74, 6) is 0.938. The van der Waals surface area contributed by atoms with Crippen molar-refractivity contribution in [2.24, 2.45) is 0 Å². The summed E-state index contributed by atoms with van der Waals surface area (Å²) < 4.78 is 10.5. The van der Waals surface area contributed by atoms with E-state index in [4.69, 9.17) is 21.1 Å². The number of thioether (sulfide) groups is 1. The van der Waals surface area contributed by atoms with Gasteiger partial charge in [-0.1, -0.05) is 29.3 Å². The van der Waals surface area contributed by atoms with Gasteiger partial charge in [-0.05, 0) is 25.0 Å². The predicted octanol–water partition coefficient (Wildman–Crippen LogP) is 4.32. The summed E-state index contributed by atoms with van der Waals surface area (Å²) in [6, 6.07) is 9.61. The van der Waals surface area contributed by atoms with Gasteiger partial charge >= 0.3 is 0 Å². The summed E-state index contributed by atoms with van der Waals surface area (Å²) in [5.41, 5.74) is 2.97. The van der Waals surface area contributed by atoms with Crippen LogP contribution in [0.25, 0.3) is 0 Å². The second kappa shape index (κ2) is 6.95. The molecule has 2 aromatic rings. The third kappa shape index (κ3) is 3.32. The number of benzene rings is 2. The zero-order valence-electron chi connectivity index (χ0n) is 13.7. The monoisotopic (exact) mass is 363 g/mol. The summed E-state index contributed by atoms with van der Waals surface area (Å²) in [6.07, 6.45) is 0.721. The highest BCUT2D eigenvalue weighted by atomic mass is 35.5. The van der Waals surface area contributed by atoms with Crippen LogP contribution in [0, 0.1) is 6.92 Å². The fraction of sp³-hybridized carbons (Fsp3) is 0.278. The van der Waals surface area contributed by atoms with E-state index < -0.39 is 0 Å². The van der Waals surface area contributed by atoms with Gasteiger partial charge < -0.3 is 14.8 Å². The molecule has 24 heavy (non-hydrogen) atoms. The number of carbonyl (C=O) groups excluding carboxylic acids is 1. The number of anilines is 1. The molecule has 4 nitrogen and oxygen atoms in total. The molecule has 1 N–H and O–H groups in total. The minimum atomic E-state index is -0.159. The van der Waals surface area contributed by atoms with Crippen LogP contribution in [0.3, 0.4) is 0 Å². The molecule has 3 rings (SSSR count). The van der Waals surface area contributed by atoms with Gasteiger partial charge in [-0.2, -0.15) is 0 Å². The van der Waals surface area contributed by atoms with Crippen molar-refractivity contribution in [3.8, 4) is 11.5 Å². The SMILES string of the molecule is COc1cc(NC(=O)C2Cc3ccc(C)cc3S2)c(OC)cc1Cl. The topological polar surface area (TPSA) is 47.6 Å². The first-order valence-electron chi connectivity index (χ1n) is 7.50. The number of halogens is 1. The maximum atomic E-state index is 12.7. The van der Waals surface area contributed by atoms with Crippen LogP contribution in [0.15, 0.2) is 35.2 Å². The average Bonchev–Trinajstić information content (AvgIpc) is 2.99. The number of hydrogen-bond donors (Lipinski definition) is 1. The van der Waals surface area contributed by atoms with Crippen LogP contribution in [0.2, 0.25) is 5.02 Å². The number of aryl methyl sites for hydroxylation is 1. The van der Waals surface area contributed by atoms with Crippen molar-refractivity contribution >= 4 is 35.0 Å². The van der Waals surface area contributed by atoms with Crippen molar-refractivity contribution in [1.82, 2.24) is 0 Å². The van der Waals surface area contributed by atoms with Crippen molar-refractivity contribution in [2.75, 3.05) is 19.5 Å². The van der Waals surface area contributed by atoms with Gasteiger partial charge in [0.2, 0.25) is 5.91 Å². The van der Waals surface area contributed by atoms with Crippen LogP contribution in [-0.4, -0.2) is 25.4 Å². The summed E-state index contributed by atoms with van der Waals surface area (Å²) in [4.78, 5) is 13.8. The Hall–Kier alpha value is -1.85. The molecule has 0 fully saturated rings. The van der Waals surface area contributed by atoms with Crippen LogP contribution < -0.4 is 14.8 Å². The van der Waals surface area contributed by atoms with Crippen LogP contribution in [0.1, 0.15) is 11.1 Å². The van der Waals surface area contributed by atoms with Gasteiger partial charge in [0.15, 0.2) is 0 Å². The van der Waals surface area contributed by atoms with Crippen molar-refractivity contribution < 1.29 is 14.3 Å². The zero-order chi connectivity index (χ0) is 17.3. The molecule has 6 heteroatoms. The van der Waals surface area contributed by atoms with Gasteiger partial charge in [0.1, 0.15) is 11.5 Å². The number of methoxy groups -OCH3 is 2. The maximum Gasteiger partial charge on any atom is 0.238 e. The quantitative estimate of drug-likeness (QED) is 0.878. The van der Waals surface area contributed by atoms with Crippen LogP contribution in [-0.2, 0) is 11.2 Å². The van der Waals surface area contributed by atoms with Gasteiger partial charge in [0.25, 0.3) is 0 Å². The molecule has 0 saturated heterocycles. The molecule has 1 amide bonds. The number of fused-ring (bicyclic) bond motifs is 1. The second-order valence-electron chi connectivity index (χ2n) is 5.60. The van der Waals surface area contributed by atoms with Gasteiger partial charge in [0.05, 0.1) is 30.2 Å². The molecular weight excluding hydrogens is 346 g/mol. The standard InChI is InChI=1S/C18H18ClNO3S/c1-10-4-5-11-7-17(24-16(11)6-10)18(21)20-13-9-14(22-2)12(19)8-15(13)23-3/h4-6,8-9,17H,7H2,1-3H3,(H,20,21). The Labute approximate surface area is 150 Å². The largest absolute Gasteiger partial charge is 0.495 e. The summed E-state index contributed by atoms with van der Waals surface area (Å²) in [7, 11) is 3.07. The van der Waals surface area contributed by atoms with Crippen LogP contribution in [0.5, 0.6) is 11.5 Å². The first-order chi connectivity index (χ1) is 11.5. The fourth-order valence-electron chi connectivity index (χ4n) is 2.65. The molecule has 0 aromatic heterocycles. The molecule has 1 heterocycles. The highest BCUT2D eigenvalue weighted by Gasteiger charge is 2.29. The van der Waals surface area contributed by atoms with E-state index in [1.807, 2.05) is 0 Å². The number of ether oxygens (including phenoxy) is 2. The number of carbonyl (C=O) groups is 1. The van der Waals surface area contributed by atoms with E-state index in [9.17, 15) is 4.79 Å². The molecule has 0 spiro atoms. The summed E-state index contributed by atoms with van der Waals surface area (Å²) >= 11 is 7.69. The van der Waals surface area contributed by atoms with Gasteiger partial charge in [-0.3, -0.25) is 4.79 Å². The van der Waals surface area contributed by atoms with E-state index in [0.29, 0.717) is 22.2 Å². The highest BCUT2D eigenvalue weighted by molar-refractivity contribution is 8.01. The number of hydrogen-bond acceptors (Lipinski definition) is 4. The van der Waals surface area contributed by atoms with Crippen molar-refractivity contribution in [2.45, 2.75) is 23.5 Å². The van der Waals surface area contributed by atoms with E-state index >= 15 is 0 Å². The molecular formula is C18H18ClNO3S. The maximum absolute atomic E-state index is 12.7. The molecule has 1 atom stereocenters. The Balaban J connectivity index is 1.79. The Kier molecular flexibility index (Phi) is 4.92. The molecule has 1 unspecified atom stereocenters. The molecule has 1 aliphatic rings. The van der Waals surface area contributed by atoms with Crippen molar-refractivity contribution in [1.29, 1.82) is 0 Å². The van der Waals surface area contributed by atoms with Crippen LogP contribution in [0.4, 0.5) is 5.69 Å². The Bertz CT molecular complexity index is 794. The lowest BCUT2D eigenvalue weighted by Gasteiger charge is -2.15. The fourth-order valence-corrected chi connectivity index (χ4v) is 4.18. The van der Waals surface area contributed by atoms with E-state index in [1.54, 1.807) is 23.9 Å². The molecule has 1 aliphatic heterocycles. The van der Waals surface area contributed by atoms with Gasteiger partial charge in [-0.15, -0.1) is 11.8 Å². The highest BCUT2D eigenvalue weighted by Crippen LogP contribution is 2.40. The summed E-state index contributed by atoms with van der Waals surface area (Å²) in [5, 5.41) is 3.21. The molecule has 0 radical (unpaired) electrons. The molecule has 0 saturated carbocycles. The third-order valence-corrected chi connectivity index (χ3v) is 5.52. The van der Waals surface area contributed by atoms with E-state index in [-0.39, 0.29) is 11.2 Å². The summed E-state index contributed by atoms with van der Waals surface area (Å²) in [6.45, 7) is 2.05. The first-order valence-corrected chi connectivity index (χ1v) is 8.76. The Morgan fingerprint density at radius 1 is 1.21 bits per heavy atom. The predicted molar refractivity (Wildman–Crippen MR) is 97.7 cm³/mol. The Morgan fingerprint density at radius 3 is 2.67 bits per heavy atom.